The molecule has 5 heteroatoms. The van der Waals surface area contributed by atoms with Gasteiger partial charge in [0.15, 0.2) is 0 Å². The zero-order valence-electron chi connectivity index (χ0n) is 14.0. The Bertz CT molecular complexity index is 741. The van der Waals surface area contributed by atoms with Crippen molar-refractivity contribution in [2.45, 2.75) is 56.4 Å². The highest BCUT2D eigenvalue weighted by molar-refractivity contribution is 7.89. The minimum Gasteiger partial charge on any atom is -0.208 e. The Kier molecular flexibility index (Phi) is 3.74. The van der Waals surface area contributed by atoms with Gasteiger partial charge in [-0.2, -0.15) is 5.26 Å². The lowest BCUT2D eigenvalue weighted by molar-refractivity contribution is -0.0666. The van der Waals surface area contributed by atoms with E-state index >= 15 is 0 Å². The molecule has 5 rings (SSSR count). The fraction of sp³-hybridized carbons (Fsp3) is 0.632. The van der Waals surface area contributed by atoms with Gasteiger partial charge in [0.25, 0.3) is 0 Å². The fourth-order valence-corrected chi connectivity index (χ4v) is 7.19. The number of hydrogen-bond donors (Lipinski definition) is 1. The first-order chi connectivity index (χ1) is 11.4. The van der Waals surface area contributed by atoms with Gasteiger partial charge in [0, 0.05) is 6.04 Å². The first-order valence-electron chi connectivity index (χ1n) is 8.93. The molecule has 0 amide bonds. The third-order valence-corrected chi connectivity index (χ3v) is 8.19. The first kappa shape index (κ1) is 16.1. The van der Waals surface area contributed by atoms with Crippen LogP contribution in [0.5, 0.6) is 0 Å². The van der Waals surface area contributed by atoms with Gasteiger partial charge in [0.2, 0.25) is 10.0 Å². The summed E-state index contributed by atoms with van der Waals surface area (Å²) in [4.78, 5) is 0.248. The van der Waals surface area contributed by atoms with E-state index in [1.165, 1.54) is 50.7 Å². The van der Waals surface area contributed by atoms with Crippen molar-refractivity contribution >= 4 is 10.0 Å². The first-order valence-corrected chi connectivity index (χ1v) is 10.4. The highest BCUT2D eigenvalue weighted by atomic mass is 32.2. The minimum absolute atomic E-state index is 0.0356. The van der Waals surface area contributed by atoms with Crippen molar-refractivity contribution in [3.63, 3.8) is 0 Å². The van der Waals surface area contributed by atoms with E-state index in [9.17, 15) is 8.42 Å². The summed E-state index contributed by atoms with van der Waals surface area (Å²) in [5.74, 6) is 2.41. The number of nitrogens with one attached hydrogen (secondary N) is 1. The van der Waals surface area contributed by atoms with Crippen molar-refractivity contribution in [3.05, 3.63) is 29.8 Å². The van der Waals surface area contributed by atoms with Crippen LogP contribution in [-0.2, 0) is 10.0 Å². The molecule has 0 aliphatic heterocycles. The van der Waals surface area contributed by atoms with Crippen LogP contribution in [0, 0.1) is 34.5 Å². The fourth-order valence-electron chi connectivity index (χ4n) is 5.84. The zero-order chi connectivity index (χ0) is 16.9. The smallest absolute Gasteiger partial charge is 0.208 e. The van der Waals surface area contributed by atoms with Crippen molar-refractivity contribution in [1.29, 1.82) is 5.26 Å². The molecule has 1 atom stereocenters. The molecular formula is C19H24N2O2S. The lowest BCUT2D eigenvalue weighted by atomic mass is 9.48. The molecule has 4 aliphatic carbocycles. The predicted octanol–water partition coefficient (Wildman–Crippen LogP) is 3.44. The molecule has 4 fully saturated rings. The van der Waals surface area contributed by atoms with Gasteiger partial charge in [0.05, 0.1) is 16.5 Å². The Labute approximate surface area is 144 Å². The molecular weight excluding hydrogens is 320 g/mol. The zero-order valence-corrected chi connectivity index (χ0v) is 14.8. The largest absolute Gasteiger partial charge is 0.240 e. The van der Waals surface area contributed by atoms with Crippen LogP contribution in [0.25, 0.3) is 0 Å². The topological polar surface area (TPSA) is 70.0 Å². The number of nitriles is 1. The molecule has 128 valence electrons. The lowest BCUT2D eigenvalue weighted by Gasteiger charge is -2.59. The lowest BCUT2D eigenvalue weighted by Crippen LogP contribution is -2.55. The summed E-state index contributed by atoms with van der Waals surface area (Å²) in [6.45, 7) is 2.05. The third kappa shape index (κ3) is 2.66. The Morgan fingerprint density at radius 3 is 2.04 bits per heavy atom. The summed E-state index contributed by atoms with van der Waals surface area (Å²) >= 11 is 0. The van der Waals surface area contributed by atoms with Crippen LogP contribution in [0.3, 0.4) is 0 Å². The molecule has 0 heterocycles. The van der Waals surface area contributed by atoms with Gasteiger partial charge in [-0.1, -0.05) is 0 Å². The summed E-state index contributed by atoms with van der Waals surface area (Å²) in [6, 6.07) is 8.15. The molecule has 0 unspecified atom stereocenters. The molecule has 1 aromatic rings. The third-order valence-electron chi connectivity index (χ3n) is 6.63. The van der Waals surface area contributed by atoms with Crippen LogP contribution in [0.2, 0.25) is 0 Å². The Morgan fingerprint density at radius 1 is 1.08 bits per heavy atom. The van der Waals surface area contributed by atoms with Crippen molar-refractivity contribution in [3.8, 4) is 6.07 Å². The minimum atomic E-state index is -3.54. The number of nitrogens with zero attached hydrogens (tertiary/aromatic N) is 1. The molecule has 24 heavy (non-hydrogen) atoms. The number of hydrogen-bond acceptors (Lipinski definition) is 3. The maximum absolute atomic E-state index is 12.7. The van der Waals surface area contributed by atoms with E-state index in [0.717, 1.165) is 17.8 Å². The van der Waals surface area contributed by atoms with Gasteiger partial charge >= 0.3 is 0 Å². The predicted molar refractivity (Wildman–Crippen MR) is 91.5 cm³/mol. The molecule has 0 saturated heterocycles. The molecule has 0 spiro atoms. The average Bonchev–Trinajstić information content (AvgIpc) is 2.53. The maximum Gasteiger partial charge on any atom is 0.240 e. The van der Waals surface area contributed by atoms with Crippen molar-refractivity contribution in [2.24, 2.45) is 23.2 Å². The molecule has 0 radical (unpaired) electrons. The van der Waals surface area contributed by atoms with Crippen LogP contribution in [0.15, 0.2) is 29.2 Å². The van der Waals surface area contributed by atoms with Crippen molar-refractivity contribution < 1.29 is 8.42 Å². The van der Waals surface area contributed by atoms with Crippen LogP contribution in [0.4, 0.5) is 0 Å². The molecule has 1 N–H and O–H groups in total. The summed E-state index contributed by atoms with van der Waals surface area (Å²) in [7, 11) is -3.54. The van der Waals surface area contributed by atoms with Crippen LogP contribution in [0.1, 0.15) is 51.0 Å². The summed E-state index contributed by atoms with van der Waals surface area (Å²) in [5, 5.41) is 8.86. The summed E-state index contributed by atoms with van der Waals surface area (Å²) < 4.78 is 28.4. The van der Waals surface area contributed by atoms with E-state index in [0.29, 0.717) is 5.56 Å². The standard InChI is InChI=1S/C19H24N2O2S/c1-13(19-9-15-6-16(10-19)8-17(7-15)11-19)21-24(22,23)18-4-2-14(12-20)3-5-18/h2-5,13,15-17,21H,6-11H2,1H3/t13-,15?,16?,17?,19?/m1/s1. The van der Waals surface area contributed by atoms with Gasteiger partial charge in [-0.3, -0.25) is 0 Å². The Hall–Kier alpha value is -1.38. The number of benzene rings is 1. The van der Waals surface area contributed by atoms with E-state index in [1.54, 1.807) is 12.1 Å². The van der Waals surface area contributed by atoms with E-state index in [-0.39, 0.29) is 16.4 Å². The van der Waals surface area contributed by atoms with E-state index < -0.39 is 10.0 Å². The number of rotatable bonds is 4. The van der Waals surface area contributed by atoms with Crippen molar-refractivity contribution in [1.82, 2.24) is 4.72 Å². The second kappa shape index (κ2) is 5.57. The Balaban J connectivity index is 1.55. The Morgan fingerprint density at radius 2 is 1.58 bits per heavy atom. The van der Waals surface area contributed by atoms with Gasteiger partial charge in [0.1, 0.15) is 0 Å². The van der Waals surface area contributed by atoms with E-state index in [4.69, 9.17) is 5.26 Å². The van der Waals surface area contributed by atoms with Crippen LogP contribution < -0.4 is 4.72 Å². The van der Waals surface area contributed by atoms with Crippen molar-refractivity contribution in [2.75, 3.05) is 0 Å². The molecule has 4 nitrogen and oxygen atoms in total. The second-order valence-electron chi connectivity index (χ2n) is 8.26. The summed E-state index contributed by atoms with van der Waals surface area (Å²) in [6.07, 6.45) is 7.60. The van der Waals surface area contributed by atoms with Gasteiger partial charge in [-0.15, -0.1) is 0 Å². The quantitative estimate of drug-likeness (QED) is 0.909. The molecule has 4 aliphatic rings. The van der Waals surface area contributed by atoms with E-state index in [1.807, 2.05) is 13.0 Å². The average molecular weight is 344 g/mol. The van der Waals surface area contributed by atoms with Gasteiger partial charge in [-0.05, 0) is 92.9 Å². The molecule has 0 aromatic heterocycles. The monoisotopic (exact) mass is 344 g/mol. The summed E-state index contributed by atoms with van der Waals surface area (Å²) in [5.41, 5.74) is 0.622. The highest BCUT2D eigenvalue weighted by Gasteiger charge is 2.53. The normalized spacial score (nSPS) is 35.6. The van der Waals surface area contributed by atoms with E-state index in [2.05, 4.69) is 4.72 Å². The number of sulfonamides is 1. The molecule has 4 saturated carbocycles. The maximum atomic E-state index is 12.7. The van der Waals surface area contributed by atoms with Crippen LogP contribution >= 0.6 is 0 Å². The highest BCUT2D eigenvalue weighted by Crippen LogP contribution is 2.61. The molecule has 1 aromatic carbocycles. The second-order valence-corrected chi connectivity index (χ2v) is 9.97. The SMILES string of the molecule is C[C@@H](NS(=O)(=O)c1ccc(C#N)cc1)C12CC3CC(CC(C3)C1)C2. The van der Waals surface area contributed by atoms with Gasteiger partial charge in [-0.25, -0.2) is 13.1 Å². The molecule has 4 bridgehead atoms. The van der Waals surface area contributed by atoms with Crippen LogP contribution in [-0.4, -0.2) is 14.5 Å². The van der Waals surface area contributed by atoms with Gasteiger partial charge < -0.3 is 0 Å².